The van der Waals surface area contributed by atoms with Gasteiger partial charge in [-0.15, -0.1) is 0 Å². The number of hydrogen-bond acceptors (Lipinski definition) is 6. The average molecular weight is 415 g/mol. The second-order valence-electron chi connectivity index (χ2n) is 6.58. The fourth-order valence-corrected chi connectivity index (χ4v) is 4.33. The molecule has 1 heterocycles. The number of anilines is 1. The summed E-state index contributed by atoms with van der Waals surface area (Å²) in [5.74, 6) is -0.548. The predicted octanol–water partition coefficient (Wildman–Crippen LogP) is -0.504. The van der Waals surface area contributed by atoms with Crippen LogP contribution in [-0.2, 0) is 24.3 Å². The minimum atomic E-state index is -3.66. The second-order valence-corrected chi connectivity index (χ2v) is 8.51. The molecule has 0 saturated carbocycles. The largest absolute Gasteiger partial charge is 0.495 e. The molecule has 10 heteroatoms. The molecule has 1 fully saturated rings. The van der Waals surface area contributed by atoms with Crippen LogP contribution >= 0.6 is 0 Å². The first-order chi connectivity index (χ1) is 13.3. The molecule has 2 N–H and O–H groups in total. The number of piperazine rings is 1. The summed E-state index contributed by atoms with van der Waals surface area (Å²) in [6.07, 6.45) is -0.121. The van der Waals surface area contributed by atoms with E-state index in [0.717, 1.165) is 13.1 Å². The smallest absolute Gasteiger partial charge is 0.306 e. The lowest BCUT2D eigenvalue weighted by molar-refractivity contribution is -0.883. The number of likely N-dealkylation sites (N-methyl/N-ethyl adjacent to an activating group) is 1. The molecule has 0 radical (unpaired) electrons. The van der Waals surface area contributed by atoms with Gasteiger partial charge >= 0.3 is 5.97 Å². The molecule has 1 saturated heterocycles. The topological polar surface area (TPSA) is 106 Å². The van der Waals surface area contributed by atoms with Gasteiger partial charge in [-0.25, -0.2) is 8.42 Å². The minimum Gasteiger partial charge on any atom is -0.495 e. The van der Waals surface area contributed by atoms with Gasteiger partial charge in [-0.3, -0.25) is 9.59 Å². The molecule has 1 aromatic carbocycles. The van der Waals surface area contributed by atoms with E-state index in [1.807, 2.05) is 7.05 Å². The molecule has 0 unspecified atom stereocenters. The molecule has 1 aliphatic rings. The Hall–Kier alpha value is -2.17. The lowest BCUT2D eigenvalue weighted by Crippen LogP contribution is -3.12. The fourth-order valence-electron chi connectivity index (χ4n) is 2.86. The maximum absolute atomic E-state index is 12.9. The molecule has 28 heavy (non-hydrogen) atoms. The quantitative estimate of drug-likeness (QED) is 0.556. The number of methoxy groups -OCH3 is 1. The van der Waals surface area contributed by atoms with E-state index < -0.39 is 21.9 Å². The van der Waals surface area contributed by atoms with Crippen LogP contribution in [0.15, 0.2) is 23.1 Å². The third-order valence-corrected chi connectivity index (χ3v) is 6.41. The second kappa shape index (κ2) is 9.85. The Kier molecular flexibility index (Phi) is 7.78. The van der Waals surface area contributed by atoms with E-state index in [4.69, 9.17) is 9.47 Å². The zero-order chi connectivity index (χ0) is 20.7. The van der Waals surface area contributed by atoms with Crippen LogP contribution in [0.25, 0.3) is 0 Å². The van der Waals surface area contributed by atoms with Crippen molar-refractivity contribution in [2.24, 2.45) is 0 Å². The van der Waals surface area contributed by atoms with Crippen molar-refractivity contribution in [3.63, 3.8) is 0 Å². The van der Waals surface area contributed by atoms with Gasteiger partial charge in [0.05, 0.1) is 63.9 Å². The number of quaternary nitrogens is 1. The Morgan fingerprint density at radius 3 is 2.50 bits per heavy atom. The average Bonchev–Trinajstić information content (AvgIpc) is 2.67. The summed E-state index contributed by atoms with van der Waals surface area (Å²) in [6, 6.07) is 4.37. The van der Waals surface area contributed by atoms with Crippen LogP contribution in [0.5, 0.6) is 5.75 Å². The van der Waals surface area contributed by atoms with Crippen LogP contribution in [0.1, 0.15) is 19.8 Å². The van der Waals surface area contributed by atoms with E-state index in [1.165, 1.54) is 34.5 Å². The molecule has 0 bridgehead atoms. The van der Waals surface area contributed by atoms with Crippen LogP contribution in [0.2, 0.25) is 0 Å². The van der Waals surface area contributed by atoms with Crippen molar-refractivity contribution in [1.82, 2.24) is 4.31 Å². The third kappa shape index (κ3) is 5.66. The number of amides is 1. The van der Waals surface area contributed by atoms with Gasteiger partial charge in [-0.05, 0) is 25.1 Å². The van der Waals surface area contributed by atoms with Gasteiger partial charge in [0, 0.05) is 6.42 Å². The molecular formula is C18H28N3O6S+. The van der Waals surface area contributed by atoms with Crippen LogP contribution < -0.4 is 15.0 Å². The summed E-state index contributed by atoms with van der Waals surface area (Å²) in [4.78, 5) is 24.9. The summed E-state index contributed by atoms with van der Waals surface area (Å²) in [5, 5.41) is 2.62. The summed E-state index contributed by atoms with van der Waals surface area (Å²) >= 11 is 0. The lowest BCUT2D eigenvalue weighted by Gasteiger charge is -2.29. The van der Waals surface area contributed by atoms with Crippen molar-refractivity contribution >= 4 is 27.6 Å². The van der Waals surface area contributed by atoms with Gasteiger partial charge in [0.2, 0.25) is 15.9 Å². The molecule has 1 aromatic rings. The van der Waals surface area contributed by atoms with Crippen molar-refractivity contribution in [3.05, 3.63) is 18.2 Å². The molecular weight excluding hydrogens is 386 g/mol. The van der Waals surface area contributed by atoms with Crippen LogP contribution in [0.3, 0.4) is 0 Å². The Balaban J connectivity index is 2.14. The molecule has 1 aliphatic heterocycles. The molecule has 1 amide bonds. The SMILES string of the molecule is CCOC(=O)CCC(=O)Nc1cc(S(=O)(=O)N2CC[NH+](C)CC2)ccc1OC. The number of nitrogens with zero attached hydrogens (tertiary/aromatic N) is 1. The molecule has 0 aliphatic carbocycles. The monoisotopic (exact) mass is 414 g/mol. The molecule has 156 valence electrons. The van der Waals surface area contributed by atoms with Gasteiger partial charge in [0.15, 0.2) is 0 Å². The number of esters is 1. The minimum absolute atomic E-state index is 0.0520. The number of benzene rings is 1. The standard InChI is InChI=1S/C18H27N3O6S/c1-4-27-18(23)8-7-17(22)19-15-13-14(5-6-16(15)26-3)28(24,25)21-11-9-20(2)10-12-21/h5-6,13H,4,7-12H2,1-3H3,(H,19,22)/p+1. The van der Waals surface area contributed by atoms with Gasteiger partial charge in [0.25, 0.3) is 0 Å². The fraction of sp³-hybridized carbons (Fsp3) is 0.556. The zero-order valence-corrected chi connectivity index (χ0v) is 17.3. The number of rotatable bonds is 8. The normalized spacial score (nSPS) is 15.8. The zero-order valence-electron chi connectivity index (χ0n) is 16.5. The Labute approximate surface area is 165 Å². The van der Waals surface area contributed by atoms with E-state index in [1.54, 1.807) is 6.92 Å². The number of carbonyl (C=O) groups is 2. The first-order valence-corrected chi connectivity index (χ1v) is 10.7. The maximum Gasteiger partial charge on any atom is 0.306 e. The van der Waals surface area contributed by atoms with Gasteiger partial charge in [0.1, 0.15) is 5.75 Å². The number of ether oxygens (including phenoxy) is 2. The van der Waals surface area contributed by atoms with E-state index >= 15 is 0 Å². The Morgan fingerprint density at radius 1 is 1.21 bits per heavy atom. The third-order valence-electron chi connectivity index (χ3n) is 4.52. The highest BCUT2D eigenvalue weighted by atomic mass is 32.2. The Morgan fingerprint density at radius 2 is 1.89 bits per heavy atom. The van der Waals surface area contributed by atoms with Gasteiger partial charge in [-0.2, -0.15) is 4.31 Å². The Bertz CT molecular complexity index is 804. The summed E-state index contributed by atoms with van der Waals surface area (Å²) < 4.78 is 37.3. The van der Waals surface area contributed by atoms with E-state index in [9.17, 15) is 18.0 Å². The maximum atomic E-state index is 12.9. The summed E-state index contributed by atoms with van der Waals surface area (Å²) in [5.41, 5.74) is 0.247. The summed E-state index contributed by atoms with van der Waals surface area (Å²) in [6.45, 7) is 4.32. The van der Waals surface area contributed by atoms with Crippen LogP contribution in [0.4, 0.5) is 5.69 Å². The highest BCUT2D eigenvalue weighted by Gasteiger charge is 2.29. The first kappa shape index (κ1) is 22.1. The molecule has 0 atom stereocenters. The number of nitrogens with one attached hydrogen (secondary N) is 2. The van der Waals surface area contributed by atoms with E-state index in [0.29, 0.717) is 18.8 Å². The van der Waals surface area contributed by atoms with Crippen molar-refractivity contribution in [3.8, 4) is 5.75 Å². The van der Waals surface area contributed by atoms with Crippen molar-refractivity contribution in [2.75, 3.05) is 52.3 Å². The number of hydrogen-bond donors (Lipinski definition) is 2. The van der Waals surface area contributed by atoms with Crippen LogP contribution in [-0.4, -0.2) is 71.5 Å². The number of sulfonamides is 1. The van der Waals surface area contributed by atoms with E-state index in [2.05, 4.69) is 5.32 Å². The highest BCUT2D eigenvalue weighted by molar-refractivity contribution is 7.89. The van der Waals surface area contributed by atoms with Crippen molar-refractivity contribution < 1.29 is 32.4 Å². The highest BCUT2D eigenvalue weighted by Crippen LogP contribution is 2.29. The van der Waals surface area contributed by atoms with Crippen molar-refractivity contribution in [1.29, 1.82) is 0 Å². The first-order valence-electron chi connectivity index (χ1n) is 9.23. The van der Waals surface area contributed by atoms with E-state index in [-0.39, 0.29) is 30.0 Å². The number of carbonyl (C=O) groups excluding carboxylic acids is 2. The van der Waals surface area contributed by atoms with Crippen molar-refractivity contribution in [2.45, 2.75) is 24.7 Å². The van der Waals surface area contributed by atoms with Gasteiger partial charge < -0.3 is 19.7 Å². The molecule has 0 spiro atoms. The predicted molar refractivity (Wildman–Crippen MR) is 103 cm³/mol. The molecule has 9 nitrogen and oxygen atoms in total. The lowest BCUT2D eigenvalue weighted by atomic mass is 10.2. The van der Waals surface area contributed by atoms with Gasteiger partial charge in [-0.1, -0.05) is 0 Å². The summed E-state index contributed by atoms with van der Waals surface area (Å²) in [7, 11) is -0.202. The van der Waals surface area contributed by atoms with Crippen LogP contribution in [0, 0.1) is 0 Å². The molecule has 2 rings (SSSR count). The molecule has 0 aromatic heterocycles.